The summed E-state index contributed by atoms with van der Waals surface area (Å²) in [6.07, 6.45) is 16.8. The van der Waals surface area contributed by atoms with Crippen molar-refractivity contribution in [2.75, 3.05) is 20.7 Å². The molecule has 0 N–H and O–H groups in total. The monoisotopic (exact) mass is 487 g/mol. The molecule has 0 radical (unpaired) electrons. The Balaban J connectivity index is 0.00000961. The van der Waals surface area contributed by atoms with Crippen LogP contribution in [-0.4, -0.2) is 37.2 Å². The summed E-state index contributed by atoms with van der Waals surface area (Å²) in [6.45, 7) is 5.39. The minimum Gasteiger partial charge on any atom is -1.00 e. The van der Waals surface area contributed by atoms with Gasteiger partial charge in [0.25, 0.3) is 0 Å². The number of hydrogen-bond donors (Lipinski definition) is 0. The molecule has 1 aromatic rings. The molecule has 0 bridgehead atoms. The van der Waals surface area contributed by atoms with E-state index in [1.807, 2.05) is 31.2 Å². The molecule has 0 heterocycles. The molecule has 32 heavy (non-hydrogen) atoms. The number of unbranched alkanes of at least 4 members (excludes halogenated alkanes) is 11. The number of carbonyl (C=O) groups excluding carboxylic acids is 1. The second-order valence-electron chi connectivity index (χ2n) is 9.51. The van der Waals surface area contributed by atoms with E-state index in [-0.39, 0.29) is 24.4 Å². The first kappa shape index (κ1) is 31.2. The van der Waals surface area contributed by atoms with E-state index in [4.69, 9.17) is 16.3 Å². The predicted molar refractivity (Wildman–Crippen MR) is 133 cm³/mol. The summed E-state index contributed by atoms with van der Waals surface area (Å²) in [6, 6.07) is 7.81. The Morgan fingerprint density at radius 1 is 0.844 bits per heavy atom. The van der Waals surface area contributed by atoms with Gasteiger partial charge < -0.3 is 21.6 Å². The van der Waals surface area contributed by atoms with Crippen LogP contribution in [0.2, 0.25) is 5.02 Å². The van der Waals surface area contributed by atoms with E-state index >= 15 is 0 Å². The molecule has 0 amide bonds. The maximum Gasteiger partial charge on any atom is 0.364 e. The zero-order valence-corrected chi connectivity index (χ0v) is 22.5. The minimum atomic E-state index is -0.126. The number of esters is 1. The van der Waals surface area contributed by atoms with Gasteiger partial charge in [-0.05, 0) is 25.5 Å². The van der Waals surface area contributed by atoms with E-state index in [0.717, 1.165) is 24.4 Å². The van der Waals surface area contributed by atoms with Crippen molar-refractivity contribution >= 4 is 17.6 Å². The summed E-state index contributed by atoms with van der Waals surface area (Å²) in [5, 5.41) is 0.743. The SMILES string of the molecule is CCCCCCCCCCCCCCC(C(=O)OCC)[N+](C)(C)Cc1ccc(Cl)cc1.[Cl-]. The number of quaternary nitrogens is 1. The van der Waals surface area contributed by atoms with Gasteiger partial charge in [-0.2, -0.15) is 0 Å². The van der Waals surface area contributed by atoms with Gasteiger partial charge in [0.2, 0.25) is 0 Å². The van der Waals surface area contributed by atoms with Gasteiger partial charge in [0.05, 0.1) is 20.7 Å². The van der Waals surface area contributed by atoms with Crippen molar-refractivity contribution < 1.29 is 26.4 Å². The van der Waals surface area contributed by atoms with Gasteiger partial charge in [-0.25, -0.2) is 4.79 Å². The van der Waals surface area contributed by atoms with Crippen LogP contribution < -0.4 is 12.4 Å². The van der Waals surface area contributed by atoms with Gasteiger partial charge in [0.15, 0.2) is 6.04 Å². The highest BCUT2D eigenvalue weighted by Crippen LogP contribution is 2.22. The van der Waals surface area contributed by atoms with Gasteiger partial charge in [0.1, 0.15) is 6.54 Å². The molecular weight excluding hydrogens is 441 g/mol. The van der Waals surface area contributed by atoms with Crippen LogP contribution in [0, 0.1) is 0 Å². The fourth-order valence-electron chi connectivity index (χ4n) is 4.34. The van der Waals surface area contributed by atoms with Gasteiger partial charge in [-0.15, -0.1) is 0 Å². The third-order valence-corrected chi connectivity index (χ3v) is 6.49. The largest absolute Gasteiger partial charge is 1.00 e. The molecular formula is C27H47Cl2NO2. The first-order valence-electron chi connectivity index (χ1n) is 12.6. The van der Waals surface area contributed by atoms with Crippen LogP contribution in [0.5, 0.6) is 0 Å². The van der Waals surface area contributed by atoms with Crippen molar-refractivity contribution in [3.8, 4) is 0 Å². The second kappa shape index (κ2) is 18.6. The van der Waals surface area contributed by atoms with Crippen LogP contribution in [0.4, 0.5) is 0 Å². The molecule has 1 aromatic carbocycles. The van der Waals surface area contributed by atoms with E-state index in [1.165, 1.54) is 76.2 Å². The molecule has 0 saturated heterocycles. The van der Waals surface area contributed by atoms with Crippen LogP contribution in [0.25, 0.3) is 0 Å². The standard InChI is InChI=1S/C27H47ClNO2.ClH/c1-5-7-8-9-10-11-12-13-14-15-16-17-18-26(27(30)31-6-2)29(3,4)23-24-19-21-25(28)22-20-24;/h19-22,26H,5-18,23H2,1-4H3;1H/q+1;/p-1. The number of ether oxygens (including phenoxy) is 1. The lowest BCUT2D eigenvalue weighted by Gasteiger charge is -2.36. The summed E-state index contributed by atoms with van der Waals surface area (Å²) in [4.78, 5) is 12.7. The lowest BCUT2D eigenvalue weighted by atomic mass is 10.0. The van der Waals surface area contributed by atoms with Crippen LogP contribution in [0.3, 0.4) is 0 Å². The zero-order valence-electron chi connectivity index (χ0n) is 21.0. The Hall–Kier alpha value is -0.770. The maximum atomic E-state index is 12.7. The number of carbonyl (C=O) groups is 1. The van der Waals surface area contributed by atoms with Crippen molar-refractivity contribution in [2.24, 2.45) is 0 Å². The predicted octanol–water partition coefficient (Wildman–Crippen LogP) is 4.94. The molecule has 0 aliphatic rings. The Morgan fingerprint density at radius 3 is 1.78 bits per heavy atom. The molecule has 0 aliphatic carbocycles. The molecule has 0 fully saturated rings. The molecule has 3 nitrogen and oxygen atoms in total. The van der Waals surface area contributed by atoms with E-state index < -0.39 is 0 Å². The number of benzene rings is 1. The van der Waals surface area contributed by atoms with Crippen molar-refractivity contribution in [3.63, 3.8) is 0 Å². The van der Waals surface area contributed by atoms with Gasteiger partial charge >= 0.3 is 5.97 Å². The number of rotatable bonds is 18. The molecule has 0 saturated carbocycles. The van der Waals surface area contributed by atoms with E-state index in [1.54, 1.807) is 0 Å². The number of nitrogens with zero attached hydrogens (tertiary/aromatic N) is 1. The van der Waals surface area contributed by atoms with Crippen LogP contribution in [-0.2, 0) is 16.1 Å². The second-order valence-corrected chi connectivity index (χ2v) is 9.95. The number of halogens is 2. The normalized spacial score (nSPS) is 12.3. The van der Waals surface area contributed by atoms with Crippen LogP contribution in [0.1, 0.15) is 103 Å². The molecule has 0 aliphatic heterocycles. The number of likely N-dealkylation sites (N-methyl/N-ethyl adjacent to an activating group) is 1. The summed E-state index contributed by atoms with van der Waals surface area (Å²) in [5.41, 5.74) is 1.19. The first-order chi connectivity index (χ1) is 14.9. The third-order valence-electron chi connectivity index (χ3n) is 6.24. The maximum absolute atomic E-state index is 12.7. The highest BCUT2D eigenvalue weighted by atomic mass is 35.5. The van der Waals surface area contributed by atoms with Crippen molar-refractivity contribution in [1.29, 1.82) is 0 Å². The third kappa shape index (κ3) is 13.7. The number of hydrogen-bond acceptors (Lipinski definition) is 2. The Bertz CT molecular complexity index is 590. The van der Waals surface area contributed by atoms with E-state index in [2.05, 4.69) is 21.0 Å². The quantitative estimate of drug-likeness (QED) is 0.166. The fourth-order valence-corrected chi connectivity index (χ4v) is 4.47. The average molecular weight is 489 g/mol. The first-order valence-corrected chi connectivity index (χ1v) is 13.0. The average Bonchev–Trinajstić information content (AvgIpc) is 2.73. The minimum absolute atomic E-state index is 0. The summed E-state index contributed by atoms with van der Waals surface area (Å²) in [5.74, 6) is -0.0652. The van der Waals surface area contributed by atoms with Gasteiger partial charge in [-0.1, -0.05) is 101 Å². The summed E-state index contributed by atoms with van der Waals surface area (Å²) in [7, 11) is 4.27. The summed E-state index contributed by atoms with van der Waals surface area (Å²) >= 11 is 6.02. The van der Waals surface area contributed by atoms with Crippen LogP contribution >= 0.6 is 11.6 Å². The van der Waals surface area contributed by atoms with Crippen molar-refractivity contribution in [2.45, 2.75) is 110 Å². The Kier molecular flexibility index (Phi) is 18.2. The topological polar surface area (TPSA) is 26.3 Å². The highest BCUT2D eigenvalue weighted by Gasteiger charge is 2.35. The van der Waals surface area contributed by atoms with Gasteiger partial charge in [0, 0.05) is 17.0 Å². The molecule has 5 heteroatoms. The smallest absolute Gasteiger partial charge is 0.364 e. The van der Waals surface area contributed by atoms with Crippen molar-refractivity contribution in [1.82, 2.24) is 0 Å². The lowest BCUT2D eigenvalue weighted by Crippen LogP contribution is -3.00. The molecule has 1 unspecified atom stereocenters. The van der Waals surface area contributed by atoms with E-state index in [0.29, 0.717) is 11.1 Å². The zero-order chi connectivity index (χ0) is 23.0. The summed E-state index contributed by atoms with van der Waals surface area (Å²) < 4.78 is 6.04. The lowest BCUT2D eigenvalue weighted by molar-refractivity contribution is -0.920. The fraction of sp³-hybridized carbons (Fsp3) is 0.741. The molecule has 186 valence electrons. The Morgan fingerprint density at radius 2 is 1.31 bits per heavy atom. The van der Waals surface area contributed by atoms with Gasteiger partial charge in [-0.3, -0.25) is 0 Å². The van der Waals surface area contributed by atoms with Crippen molar-refractivity contribution in [3.05, 3.63) is 34.9 Å². The van der Waals surface area contributed by atoms with E-state index in [9.17, 15) is 4.79 Å². The highest BCUT2D eigenvalue weighted by molar-refractivity contribution is 6.30. The molecule has 0 spiro atoms. The van der Waals surface area contributed by atoms with Crippen LogP contribution in [0.15, 0.2) is 24.3 Å². The molecule has 1 atom stereocenters. The Labute approximate surface area is 209 Å². The molecule has 0 aromatic heterocycles. The molecule has 1 rings (SSSR count).